The molecule has 1 aromatic rings. The maximum absolute atomic E-state index is 4.82. The van der Waals surface area contributed by atoms with E-state index in [2.05, 4.69) is 56.1 Å². The Morgan fingerprint density at radius 3 is 2.57 bits per heavy atom. The smallest absolute Gasteiger partial charge is 0.0547 e. The van der Waals surface area contributed by atoms with Gasteiger partial charge in [-0.25, -0.2) is 0 Å². The standard InChI is InChI=1S/C18H31N3/c1-5-11-21(13-15-9-10-15)14-17-8-6-7-16(20-17)12-19-18(2,3)4/h6-8,15,19H,5,9-14H2,1-4H3. The number of nitrogens with zero attached hydrogens (tertiary/aromatic N) is 2. The van der Waals surface area contributed by atoms with Crippen LogP contribution in [0.1, 0.15) is 58.3 Å². The topological polar surface area (TPSA) is 28.2 Å². The van der Waals surface area contributed by atoms with Gasteiger partial charge in [0, 0.05) is 25.2 Å². The van der Waals surface area contributed by atoms with Crippen molar-refractivity contribution in [2.24, 2.45) is 5.92 Å². The highest BCUT2D eigenvalue weighted by Gasteiger charge is 2.24. The van der Waals surface area contributed by atoms with Gasteiger partial charge in [-0.3, -0.25) is 9.88 Å². The fourth-order valence-electron chi connectivity index (χ4n) is 2.52. The van der Waals surface area contributed by atoms with Crippen molar-refractivity contribution in [2.45, 2.75) is 65.6 Å². The van der Waals surface area contributed by atoms with Gasteiger partial charge in [0.1, 0.15) is 0 Å². The first kappa shape index (κ1) is 16.4. The molecule has 1 fully saturated rings. The summed E-state index contributed by atoms with van der Waals surface area (Å²) >= 11 is 0. The van der Waals surface area contributed by atoms with Crippen LogP contribution in [0.2, 0.25) is 0 Å². The number of rotatable bonds is 8. The van der Waals surface area contributed by atoms with Crippen LogP contribution in [-0.2, 0) is 13.1 Å². The second kappa shape index (κ2) is 7.37. The molecule has 0 spiro atoms. The van der Waals surface area contributed by atoms with E-state index in [4.69, 9.17) is 4.98 Å². The van der Waals surface area contributed by atoms with Crippen molar-refractivity contribution >= 4 is 0 Å². The molecule has 0 amide bonds. The number of hydrogen-bond acceptors (Lipinski definition) is 3. The first-order chi connectivity index (χ1) is 9.96. The van der Waals surface area contributed by atoms with Gasteiger partial charge in [0.2, 0.25) is 0 Å². The molecule has 1 saturated carbocycles. The summed E-state index contributed by atoms with van der Waals surface area (Å²) in [7, 11) is 0. The third-order valence-electron chi connectivity index (χ3n) is 3.80. The van der Waals surface area contributed by atoms with Crippen molar-refractivity contribution in [1.29, 1.82) is 0 Å². The Kier molecular flexibility index (Phi) is 5.77. The van der Waals surface area contributed by atoms with Gasteiger partial charge >= 0.3 is 0 Å². The van der Waals surface area contributed by atoms with Crippen LogP contribution < -0.4 is 5.32 Å². The molecule has 1 aromatic heterocycles. The molecule has 0 unspecified atom stereocenters. The largest absolute Gasteiger partial charge is 0.306 e. The Balaban J connectivity index is 1.91. The van der Waals surface area contributed by atoms with E-state index >= 15 is 0 Å². The summed E-state index contributed by atoms with van der Waals surface area (Å²) in [5, 5.41) is 3.51. The van der Waals surface area contributed by atoms with E-state index < -0.39 is 0 Å². The summed E-state index contributed by atoms with van der Waals surface area (Å²) in [4.78, 5) is 7.39. The monoisotopic (exact) mass is 289 g/mol. The lowest BCUT2D eigenvalue weighted by molar-refractivity contribution is 0.252. The highest BCUT2D eigenvalue weighted by molar-refractivity contribution is 5.11. The predicted molar refractivity (Wildman–Crippen MR) is 89.1 cm³/mol. The predicted octanol–water partition coefficient (Wildman–Crippen LogP) is 3.59. The van der Waals surface area contributed by atoms with Gasteiger partial charge in [-0.1, -0.05) is 13.0 Å². The van der Waals surface area contributed by atoms with Gasteiger partial charge in [-0.15, -0.1) is 0 Å². The third kappa shape index (κ3) is 6.58. The van der Waals surface area contributed by atoms with Gasteiger partial charge in [0.15, 0.2) is 0 Å². The molecule has 21 heavy (non-hydrogen) atoms. The maximum atomic E-state index is 4.82. The zero-order chi connectivity index (χ0) is 15.3. The van der Waals surface area contributed by atoms with Crippen LogP contribution in [-0.4, -0.2) is 28.5 Å². The third-order valence-corrected chi connectivity index (χ3v) is 3.80. The number of aromatic nitrogens is 1. The Morgan fingerprint density at radius 1 is 1.24 bits per heavy atom. The highest BCUT2D eigenvalue weighted by atomic mass is 15.1. The Hall–Kier alpha value is -0.930. The van der Waals surface area contributed by atoms with Crippen LogP contribution in [0.4, 0.5) is 0 Å². The van der Waals surface area contributed by atoms with Crippen LogP contribution in [0, 0.1) is 5.92 Å². The molecule has 1 aliphatic carbocycles. The van der Waals surface area contributed by atoms with E-state index in [1.54, 1.807) is 0 Å². The van der Waals surface area contributed by atoms with E-state index in [-0.39, 0.29) is 5.54 Å². The minimum absolute atomic E-state index is 0.137. The van der Waals surface area contributed by atoms with Crippen LogP contribution in [0.3, 0.4) is 0 Å². The van der Waals surface area contributed by atoms with Gasteiger partial charge in [0.25, 0.3) is 0 Å². The molecule has 0 radical (unpaired) electrons. The van der Waals surface area contributed by atoms with E-state index in [1.807, 2.05) is 0 Å². The molecule has 1 N–H and O–H groups in total. The first-order valence-corrected chi connectivity index (χ1v) is 8.38. The molecule has 0 aromatic carbocycles. The lowest BCUT2D eigenvalue weighted by Crippen LogP contribution is -2.35. The van der Waals surface area contributed by atoms with Crippen molar-refractivity contribution in [2.75, 3.05) is 13.1 Å². The SMILES string of the molecule is CCCN(Cc1cccc(CNC(C)(C)C)n1)CC1CC1. The van der Waals surface area contributed by atoms with Crippen molar-refractivity contribution in [3.8, 4) is 0 Å². The molecular weight excluding hydrogens is 258 g/mol. The minimum Gasteiger partial charge on any atom is -0.306 e. The lowest BCUT2D eigenvalue weighted by Gasteiger charge is -2.22. The molecular formula is C18H31N3. The van der Waals surface area contributed by atoms with Crippen molar-refractivity contribution < 1.29 is 0 Å². The summed E-state index contributed by atoms with van der Waals surface area (Å²) in [6.07, 6.45) is 4.06. The molecule has 0 aliphatic heterocycles. The van der Waals surface area contributed by atoms with E-state index in [9.17, 15) is 0 Å². The molecule has 1 heterocycles. The zero-order valence-corrected chi connectivity index (χ0v) is 14.2. The summed E-state index contributed by atoms with van der Waals surface area (Å²) in [6.45, 7) is 13.1. The first-order valence-electron chi connectivity index (χ1n) is 8.38. The highest BCUT2D eigenvalue weighted by Crippen LogP contribution is 2.30. The van der Waals surface area contributed by atoms with Gasteiger partial charge in [0.05, 0.1) is 11.4 Å². The second-order valence-electron chi connectivity index (χ2n) is 7.40. The van der Waals surface area contributed by atoms with Gasteiger partial charge < -0.3 is 5.32 Å². The summed E-state index contributed by atoms with van der Waals surface area (Å²) in [6, 6.07) is 6.42. The molecule has 118 valence electrons. The molecule has 0 atom stereocenters. The summed E-state index contributed by atoms with van der Waals surface area (Å²) in [5.41, 5.74) is 2.49. The Morgan fingerprint density at radius 2 is 1.95 bits per heavy atom. The summed E-state index contributed by atoms with van der Waals surface area (Å²) < 4.78 is 0. The van der Waals surface area contributed by atoms with E-state index in [0.29, 0.717) is 0 Å². The normalized spacial score (nSPS) is 15.7. The van der Waals surface area contributed by atoms with Crippen LogP contribution >= 0.6 is 0 Å². The Labute approximate surface area is 130 Å². The van der Waals surface area contributed by atoms with E-state index in [0.717, 1.165) is 24.7 Å². The van der Waals surface area contributed by atoms with Gasteiger partial charge in [-0.05, 0) is 64.6 Å². The average molecular weight is 289 g/mol. The maximum Gasteiger partial charge on any atom is 0.0547 e. The average Bonchev–Trinajstić information content (AvgIpc) is 3.20. The fraction of sp³-hybridized carbons (Fsp3) is 0.722. The fourth-order valence-corrected chi connectivity index (χ4v) is 2.52. The molecule has 2 rings (SSSR count). The van der Waals surface area contributed by atoms with Crippen molar-refractivity contribution in [3.05, 3.63) is 29.6 Å². The van der Waals surface area contributed by atoms with Crippen molar-refractivity contribution in [1.82, 2.24) is 15.2 Å². The second-order valence-corrected chi connectivity index (χ2v) is 7.40. The Bertz CT molecular complexity index is 432. The van der Waals surface area contributed by atoms with Crippen molar-refractivity contribution in [3.63, 3.8) is 0 Å². The van der Waals surface area contributed by atoms with Crippen LogP contribution in [0.5, 0.6) is 0 Å². The lowest BCUT2D eigenvalue weighted by atomic mass is 10.1. The molecule has 1 aliphatic rings. The van der Waals surface area contributed by atoms with E-state index in [1.165, 1.54) is 38.0 Å². The minimum atomic E-state index is 0.137. The van der Waals surface area contributed by atoms with Crippen LogP contribution in [0.25, 0.3) is 0 Å². The molecule has 0 bridgehead atoms. The molecule has 3 heteroatoms. The quantitative estimate of drug-likeness (QED) is 0.792. The molecule has 0 saturated heterocycles. The van der Waals surface area contributed by atoms with Gasteiger partial charge in [-0.2, -0.15) is 0 Å². The molecule has 3 nitrogen and oxygen atoms in total. The number of nitrogens with one attached hydrogen (secondary N) is 1. The van der Waals surface area contributed by atoms with Crippen LogP contribution in [0.15, 0.2) is 18.2 Å². The zero-order valence-electron chi connectivity index (χ0n) is 14.2. The number of pyridine rings is 1. The summed E-state index contributed by atoms with van der Waals surface area (Å²) in [5.74, 6) is 0.947. The number of hydrogen-bond donors (Lipinski definition) is 1.